The minimum Gasteiger partial charge on any atom is -0.484 e. The fourth-order valence-corrected chi connectivity index (χ4v) is 5.40. The number of benzene rings is 2. The number of nitrogens with zero attached hydrogens (tertiary/aromatic N) is 2. The molecular weight excluding hydrogens is 388 g/mol. The van der Waals surface area contributed by atoms with E-state index in [1.807, 2.05) is 12.1 Å². The molecule has 1 saturated heterocycles. The molecule has 29 heavy (non-hydrogen) atoms. The minimum atomic E-state index is -3.51. The quantitative estimate of drug-likeness (QED) is 0.754. The maximum atomic E-state index is 12.7. The van der Waals surface area contributed by atoms with Crippen LogP contribution in [0.1, 0.15) is 24.0 Å². The highest BCUT2D eigenvalue weighted by atomic mass is 32.2. The molecule has 2 aliphatic rings. The first-order valence-corrected chi connectivity index (χ1v) is 11.6. The van der Waals surface area contributed by atoms with Crippen LogP contribution in [-0.4, -0.2) is 56.3 Å². The zero-order chi connectivity index (χ0) is 20.3. The highest BCUT2D eigenvalue weighted by molar-refractivity contribution is 7.89. The monoisotopic (exact) mass is 414 g/mol. The van der Waals surface area contributed by atoms with Gasteiger partial charge in [-0.25, -0.2) is 8.42 Å². The van der Waals surface area contributed by atoms with E-state index in [1.165, 1.54) is 28.3 Å². The van der Waals surface area contributed by atoms with Gasteiger partial charge in [-0.3, -0.25) is 4.79 Å². The van der Waals surface area contributed by atoms with Gasteiger partial charge in [-0.15, -0.1) is 0 Å². The summed E-state index contributed by atoms with van der Waals surface area (Å²) < 4.78 is 32.5. The van der Waals surface area contributed by atoms with Crippen molar-refractivity contribution in [1.29, 1.82) is 0 Å². The zero-order valence-electron chi connectivity index (χ0n) is 16.4. The number of sulfonamides is 1. The van der Waals surface area contributed by atoms with Crippen LogP contribution in [0.5, 0.6) is 5.75 Å². The molecule has 1 fully saturated rings. The lowest BCUT2D eigenvalue weighted by molar-refractivity contribution is -0.134. The first-order chi connectivity index (χ1) is 14.0. The topological polar surface area (TPSA) is 66.9 Å². The molecule has 0 radical (unpaired) electrons. The number of fused-ring (bicyclic) bond motifs is 1. The third-order valence-corrected chi connectivity index (χ3v) is 7.57. The van der Waals surface area contributed by atoms with E-state index in [9.17, 15) is 13.2 Å². The summed E-state index contributed by atoms with van der Waals surface area (Å²) in [6.45, 7) is 1.31. The van der Waals surface area contributed by atoms with Crippen molar-refractivity contribution in [3.63, 3.8) is 0 Å². The Morgan fingerprint density at radius 1 is 0.897 bits per heavy atom. The first kappa shape index (κ1) is 19.9. The molecule has 0 aromatic heterocycles. The Bertz CT molecular complexity index is 968. The maximum Gasteiger partial charge on any atom is 0.260 e. The van der Waals surface area contributed by atoms with E-state index in [0.717, 1.165) is 18.6 Å². The molecule has 0 bridgehead atoms. The Labute approximate surface area is 172 Å². The molecule has 2 aromatic rings. The number of rotatable bonds is 5. The van der Waals surface area contributed by atoms with Gasteiger partial charge >= 0.3 is 0 Å². The fourth-order valence-electron chi connectivity index (χ4n) is 3.96. The maximum absolute atomic E-state index is 12.7. The second kappa shape index (κ2) is 8.55. The zero-order valence-corrected chi connectivity index (χ0v) is 17.2. The van der Waals surface area contributed by atoms with E-state index in [4.69, 9.17) is 4.74 Å². The highest BCUT2D eigenvalue weighted by Crippen LogP contribution is 2.25. The third-order valence-electron chi connectivity index (χ3n) is 5.65. The van der Waals surface area contributed by atoms with Crippen LogP contribution in [0, 0.1) is 0 Å². The van der Waals surface area contributed by atoms with Crippen LogP contribution in [0.3, 0.4) is 0 Å². The Balaban J connectivity index is 1.30. The molecule has 0 unspecified atom stereocenters. The average molecular weight is 415 g/mol. The summed E-state index contributed by atoms with van der Waals surface area (Å²) in [4.78, 5) is 14.5. The van der Waals surface area contributed by atoms with E-state index in [1.54, 1.807) is 35.2 Å². The van der Waals surface area contributed by atoms with E-state index in [-0.39, 0.29) is 17.4 Å². The molecule has 0 atom stereocenters. The van der Waals surface area contributed by atoms with Gasteiger partial charge in [0.1, 0.15) is 5.75 Å². The van der Waals surface area contributed by atoms with Crippen molar-refractivity contribution in [2.24, 2.45) is 0 Å². The number of hydrogen-bond acceptors (Lipinski definition) is 4. The molecule has 1 heterocycles. The molecule has 1 aliphatic carbocycles. The molecule has 1 aliphatic heterocycles. The molecule has 0 saturated carbocycles. The summed E-state index contributed by atoms with van der Waals surface area (Å²) in [6, 6.07) is 14.5. The predicted molar refractivity (Wildman–Crippen MR) is 110 cm³/mol. The van der Waals surface area contributed by atoms with E-state index < -0.39 is 10.0 Å². The van der Waals surface area contributed by atoms with Gasteiger partial charge in [-0.2, -0.15) is 4.31 Å². The van der Waals surface area contributed by atoms with Crippen LogP contribution < -0.4 is 4.74 Å². The van der Waals surface area contributed by atoms with Gasteiger partial charge in [0.25, 0.3) is 5.91 Å². The molecule has 2 aromatic carbocycles. The average Bonchev–Trinajstić information content (AvgIpc) is 2.78. The molecule has 1 amide bonds. The lowest BCUT2D eigenvalue weighted by Crippen LogP contribution is -2.51. The Kier molecular flexibility index (Phi) is 5.87. The number of amides is 1. The number of piperazine rings is 1. The molecule has 4 rings (SSSR count). The second-order valence-electron chi connectivity index (χ2n) is 7.52. The molecule has 0 N–H and O–H groups in total. The first-order valence-electron chi connectivity index (χ1n) is 10.1. The number of carbonyl (C=O) groups is 1. The molecule has 154 valence electrons. The van der Waals surface area contributed by atoms with Crippen LogP contribution in [0.15, 0.2) is 53.4 Å². The Morgan fingerprint density at radius 2 is 1.59 bits per heavy atom. The standard InChI is InChI=1S/C22H26N2O4S/c25-22(17-28-20-11-10-18-6-4-5-7-19(18)16-20)23-12-14-24(15-13-23)29(26,27)21-8-2-1-3-9-21/h1-3,8-11,16H,4-7,12-15,17H2. The number of carbonyl (C=O) groups excluding carboxylic acids is 1. The van der Waals surface area contributed by atoms with Crippen molar-refractivity contribution in [1.82, 2.24) is 9.21 Å². The van der Waals surface area contributed by atoms with Gasteiger partial charge < -0.3 is 9.64 Å². The normalized spacial score (nSPS) is 17.6. The van der Waals surface area contributed by atoms with Crippen molar-refractivity contribution in [3.05, 3.63) is 59.7 Å². The van der Waals surface area contributed by atoms with Gasteiger partial charge in [0.2, 0.25) is 10.0 Å². The van der Waals surface area contributed by atoms with Crippen LogP contribution >= 0.6 is 0 Å². The van der Waals surface area contributed by atoms with Gasteiger partial charge in [-0.05, 0) is 61.1 Å². The van der Waals surface area contributed by atoms with Crippen LogP contribution in [0.25, 0.3) is 0 Å². The van der Waals surface area contributed by atoms with Gasteiger partial charge in [0.15, 0.2) is 6.61 Å². The predicted octanol–water partition coefficient (Wildman–Crippen LogP) is 2.48. The van der Waals surface area contributed by atoms with E-state index in [0.29, 0.717) is 26.2 Å². The Hall–Kier alpha value is -2.38. The van der Waals surface area contributed by atoms with Crippen LogP contribution in [0.2, 0.25) is 0 Å². The lowest BCUT2D eigenvalue weighted by atomic mass is 9.92. The van der Waals surface area contributed by atoms with Gasteiger partial charge in [-0.1, -0.05) is 24.3 Å². The van der Waals surface area contributed by atoms with Crippen molar-refractivity contribution in [2.45, 2.75) is 30.6 Å². The molecule has 0 spiro atoms. The minimum absolute atomic E-state index is 0.0236. The summed E-state index contributed by atoms with van der Waals surface area (Å²) in [5, 5.41) is 0. The fraction of sp³-hybridized carbons (Fsp3) is 0.409. The van der Waals surface area contributed by atoms with Crippen molar-refractivity contribution >= 4 is 15.9 Å². The molecule has 6 nitrogen and oxygen atoms in total. The summed E-state index contributed by atoms with van der Waals surface area (Å²) in [7, 11) is -3.51. The van der Waals surface area contributed by atoms with Crippen LogP contribution in [0.4, 0.5) is 0 Å². The van der Waals surface area contributed by atoms with E-state index >= 15 is 0 Å². The largest absolute Gasteiger partial charge is 0.484 e. The smallest absolute Gasteiger partial charge is 0.260 e. The number of hydrogen-bond donors (Lipinski definition) is 0. The summed E-state index contributed by atoms with van der Waals surface area (Å²) >= 11 is 0. The number of ether oxygens (including phenoxy) is 1. The molecule has 7 heteroatoms. The van der Waals surface area contributed by atoms with Crippen molar-refractivity contribution < 1.29 is 17.9 Å². The SMILES string of the molecule is O=C(COc1ccc2c(c1)CCCC2)N1CCN(S(=O)(=O)c2ccccc2)CC1. The lowest BCUT2D eigenvalue weighted by Gasteiger charge is -2.34. The Morgan fingerprint density at radius 3 is 2.31 bits per heavy atom. The second-order valence-corrected chi connectivity index (χ2v) is 9.46. The summed E-state index contributed by atoms with van der Waals surface area (Å²) in [5.41, 5.74) is 2.70. The molecular formula is C22H26N2O4S. The van der Waals surface area contributed by atoms with Crippen molar-refractivity contribution in [3.8, 4) is 5.75 Å². The van der Waals surface area contributed by atoms with Crippen LogP contribution in [-0.2, 0) is 27.7 Å². The third kappa shape index (κ3) is 4.46. The van der Waals surface area contributed by atoms with Crippen molar-refractivity contribution in [2.75, 3.05) is 32.8 Å². The summed E-state index contributed by atoms with van der Waals surface area (Å²) in [5.74, 6) is 0.615. The van der Waals surface area contributed by atoms with Gasteiger partial charge in [0, 0.05) is 26.2 Å². The highest BCUT2D eigenvalue weighted by Gasteiger charge is 2.30. The number of aryl methyl sites for hydroxylation is 2. The summed E-state index contributed by atoms with van der Waals surface area (Å²) in [6.07, 6.45) is 4.62. The van der Waals surface area contributed by atoms with E-state index in [2.05, 4.69) is 6.07 Å². The van der Waals surface area contributed by atoms with Gasteiger partial charge in [0.05, 0.1) is 4.90 Å².